The Balaban J connectivity index is 4.08. The third-order valence-electron chi connectivity index (χ3n) is 2.42. The van der Waals surface area contributed by atoms with E-state index in [0.717, 1.165) is 6.54 Å². The summed E-state index contributed by atoms with van der Waals surface area (Å²) in [5.41, 5.74) is 0. The molecule has 0 aliphatic rings. The topological polar surface area (TPSA) is 72.9 Å². The van der Waals surface area contributed by atoms with Crippen LogP contribution in [0.2, 0.25) is 0 Å². The largest absolute Gasteiger partial charge is 0.481 e. The van der Waals surface area contributed by atoms with Gasteiger partial charge in [-0.1, -0.05) is 6.92 Å². The van der Waals surface area contributed by atoms with Crippen molar-refractivity contribution in [3.63, 3.8) is 0 Å². The van der Waals surface area contributed by atoms with Gasteiger partial charge in [0, 0.05) is 26.2 Å². The second-order valence-corrected chi connectivity index (χ2v) is 4.31. The zero-order valence-corrected chi connectivity index (χ0v) is 11.1. The summed E-state index contributed by atoms with van der Waals surface area (Å²) in [5.74, 6) is -1.43. The van der Waals surface area contributed by atoms with Gasteiger partial charge in [-0.15, -0.1) is 0 Å². The maximum absolute atomic E-state index is 11.7. The molecule has 0 spiro atoms. The minimum Gasteiger partial charge on any atom is -0.481 e. The Hall–Kier alpha value is -1.30. The van der Waals surface area contributed by atoms with Crippen molar-refractivity contribution in [2.24, 2.45) is 5.92 Å². The number of nitrogens with zero attached hydrogens (tertiary/aromatic N) is 2. The van der Waals surface area contributed by atoms with Crippen molar-refractivity contribution in [3.05, 3.63) is 0 Å². The Morgan fingerprint density at radius 2 is 1.94 bits per heavy atom. The lowest BCUT2D eigenvalue weighted by molar-refractivity contribution is -0.141. The van der Waals surface area contributed by atoms with E-state index in [1.54, 1.807) is 6.92 Å². The molecular weight excluding hydrogens is 222 g/mol. The summed E-state index contributed by atoms with van der Waals surface area (Å²) in [6.07, 6.45) is 0. The van der Waals surface area contributed by atoms with Gasteiger partial charge < -0.3 is 20.2 Å². The molecule has 0 aromatic heterocycles. The number of urea groups is 1. The Kier molecular flexibility index (Phi) is 7.29. The van der Waals surface area contributed by atoms with Crippen LogP contribution in [0.3, 0.4) is 0 Å². The van der Waals surface area contributed by atoms with Crippen molar-refractivity contribution < 1.29 is 14.7 Å². The molecule has 0 bridgehead atoms. The summed E-state index contributed by atoms with van der Waals surface area (Å²) in [6, 6.07) is -0.206. The van der Waals surface area contributed by atoms with E-state index in [9.17, 15) is 9.59 Å². The van der Waals surface area contributed by atoms with Crippen LogP contribution in [0.1, 0.15) is 13.8 Å². The zero-order valence-electron chi connectivity index (χ0n) is 11.1. The molecule has 0 aliphatic heterocycles. The highest BCUT2D eigenvalue weighted by Gasteiger charge is 2.18. The zero-order chi connectivity index (χ0) is 13.4. The number of carbonyl (C=O) groups is 2. The quantitative estimate of drug-likeness (QED) is 0.676. The lowest BCUT2D eigenvalue weighted by Crippen LogP contribution is -2.44. The van der Waals surface area contributed by atoms with Crippen molar-refractivity contribution >= 4 is 12.0 Å². The highest BCUT2D eigenvalue weighted by Crippen LogP contribution is 2.00. The fraction of sp³-hybridized carbons (Fsp3) is 0.818. The van der Waals surface area contributed by atoms with E-state index in [-0.39, 0.29) is 12.6 Å². The molecule has 0 saturated heterocycles. The lowest BCUT2D eigenvalue weighted by atomic mass is 10.2. The number of rotatable bonds is 7. The second-order valence-electron chi connectivity index (χ2n) is 4.31. The highest BCUT2D eigenvalue weighted by molar-refractivity contribution is 5.75. The van der Waals surface area contributed by atoms with Gasteiger partial charge in [0.15, 0.2) is 0 Å². The minimum atomic E-state index is -0.885. The fourth-order valence-electron chi connectivity index (χ4n) is 1.26. The number of amides is 2. The SMILES string of the molecule is CCN(CC(C)C(=O)O)C(=O)NCCN(C)C. The van der Waals surface area contributed by atoms with Crippen LogP contribution in [-0.4, -0.2) is 67.2 Å². The Bertz CT molecular complexity index is 256. The van der Waals surface area contributed by atoms with E-state index in [2.05, 4.69) is 5.32 Å². The van der Waals surface area contributed by atoms with E-state index in [1.807, 2.05) is 25.9 Å². The smallest absolute Gasteiger partial charge is 0.317 e. The summed E-state index contributed by atoms with van der Waals surface area (Å²) in [6.45, 7) is 5.49. The summed E-state index contributed by atoms with van der Waals surface area (Å²) >= 11 is 0. The molecule has 1 unspecified atom stereocenters. The number of hydrogen-bond acceptors (Lipinski definition) is 3. The molecule has 0 radical (unpaired) electrons. The summed E-state index contributed by atoms with van der Waals surface area (Å²) < 4.78 is 0. The molecule has 0 fully saturated rings. The second kappa shape index (κ2) is 7.89. The van der Waals surface area contributed by atoms with Crippen LogP contribution in [0.5, 0.6) is 0 Å². The monoisotopic (exact) mass is 245 g/mol. The molecule has 0 aromatic rings. The van der Waals surface area contributed by atoms with Crippen molar-refractivity contribution in [2.45, 2.75) is 13.8 Å². The standard InChI is InChI=1S/C11H23N3O3/c1-5-14(8-9(2)10(15)16)11(17)12-6-7-13(3)4/h9H,5-8H2,1-4H3,(H,12,17)(H,15,16). The normalized spacial score (nSPS) is 12.3. The van der Waals surface area contributed by atoms with E-state index in [4.69, 9.17) is 5.11 Å². The average molecular weight is 245 g/mol. The van der Waals surface area contributed by atoms with Gasteiger partial charge in [-0.05, 0) is 21.0 Å². The molecule has 0 aromatic carbocycles. The molecule has 6 heteroatoms. The van der Waals surface area contributed by atoms with Gasteiger partial charge in [-0.2, -0.15) is 0 Å². The molecular formula is C11H23N3O3. The first-order chi connectivity index (χ1) is 7.88. The number of nitrogens with one attached hydrogen (secondary N) is 1. The maximum atomic E-state index is 11.7. The van der Waals surface area contributed by atoms with Crippen LogP contribution in [-0.2, 0) is 4.79 Å². The molecule has 17 heavy (non-hydrogen) atoms. The van der Waals surface area contributed by atoms with Crippen LogP contribution in [0.25, 0.3) is 0 Å². The number of carboxylic acid groups (broad SMARTS) is 1. The first-order valence-electron chi connectivity index (χ1n) is 5.78. The molecule has 1 atom stereocenters. The molecule has 100 valence electrons. The number of carbonyl (C=O) groups excluding carboxylic acids is 1. The van der Waals surface area contributed by atoms with Gasteiger partial charge in [-0.25, -0.2) is 4.79 Å². The first kappa shape index (κ1) is 15.7. The Labute approximate surface area is 103 Å². The number of carboxylic acids is 1. The molecule has 2 N–H and O–H groups in total. The van der Waals surface area contributed by atoms with Crippen LogP contribution in [0.4, 0.5) is 4.79 Å². The average Bonchev–Trinajstić information content (AvgIpc) is 2.24. The number of likely N-dealkylation sites (N-methyl/N-ethyl adjacent to an activating group) is 1. The van der Waals surface area contributed by atoms with Crippen molar-refractivity contribution in [2.75, 3.05) is 40.3 Å². The predicted molar refractivity (Wildman–Crippen MR) is 66.0 cm³/mol. The van der Waals surface area contributed by atoms with Crippen molar-refractivity contribution in [1.29, 1.82) is 0 Å². The maximum Gasteiger partial charge on any atom is 0.317 e. The molecule has 2 amide bonds. The van der Waals surface area contributed by atoms with E-state index < -0.39 is 11.9 Å². The van der Waals surface area contributed by atoms with E-state index >= 15 is 0 Å². The predicted octanol–water partition coefficient (Wildman–Crippen LogP) is 0.300. The van der Waals surface area contributed by atoms with Gasteiger partial charge in [0.05, 0.1) is 5.92 Å². The van der Waals surface area contributed by atoms with Gasteiger partial charge in [0.25, 0.3) is 0 Å². The molecule has 0 saturated carbocycles. The van der Waals surface area contributed by atoms with Crippen LogP contribution in [0.15, 0.2) is 0 Å². The van der Waals surface area contributed by atoms with Crippen molar-refractivity contribution in [3.8, 4) is 0 Å². The number of aliphatic carboxylic acids is 1. The van der Waals surface area contributed by atoms with Gasteiger partial charge in [0.1, 0.15) is 0 Å². The molecule has 0 aliphatic carbocycles. The van der Waals surface area contributed by atoms with Crippen LogP contribution in [0, 0.1) is 5.92 Å². The molecule has 0 rings (SSSR count). The number of hydrogen-bond donors (Lipinski definition) is 2. The van der Waals surface area contributed by atoms with Crippen LogP contribution >= 0.6 is 0 Å². The first-order valence-corrected chi connectivity index (χ1v) is 5.78. The van der Waals surface area contributed by atoms with Gasteiger partial charge in [-0.3, -0.25) is 4.79 Å². The fourth-order valence-corrected chi connectivity index (χ4v) is 1.26. The Morgan fingerprint density at radius 1 is 1.35 bits per heavy atom. The molecule has 0 heterocycles. The third kappa shape index (κ3) is 6.78. The highest BCUT2D eigenvalue weighted by atomic mass is 16.4. The van der Waals surface area contributed by atoms with Crippen molar-refractivity contribution in [1.82, 2.24) is 15.1 Å². The minimum absolute atomic E-state index is 0.206. The summed E-state index contributed by atoms with van der Waals surface area (Å²) in [5, 5.41) is 11.6. The lowest BCUT2D eigenvalue weighted by Gasteiger charge is -2.23. The van der Waals surface area contributed by atoms with Gasteiger partial charge >= 0.3 is 12.0 Å². The Morgan fingerprint density at radius 3 is 2.35 bits per heavy atom. The van der Waals surface area contributed by atoms with Gasteiger partial charge in [0.2, 0.25) is 0 Å². The summed E-state index contributed by atoms with van der Waals surface area (Å²) in [7, 11) is 3.85. The van der Waals surface area contributed by atoms with E-state index in [0.29, 0.717) is 13.1 Å². The third-order valence-corrected chi connectivity index (χ3v) is 2.42. The molecule has 6 nitrogen and oxygen atoms in total. The summed E-state index contributed by atoms with van der Waals surface area (Å²) in [4.78, 5) is 25.9. The van der Waals surface area contributed by atoms with Crippen LogP contribution < -0.4 is 5.32 Å². The van der Waals surface area contributed by atoms with E-state index in [1.165, 1.54) is 4.90 Å².